The van der Waals surface area contributed by atoms with Gasteiger partial charge in [0.1, 0.15) is 4.34 Å². The standard InChI is InChI=1S/C14H22N4S2/c1-11(2)13-12(10-18(3)17-13)9-15-5-4-7-19-14-16-6-8-20-14/h6,8,10-11,15H,4-5,7,9H2,1-3H3. The van der Waals surface area contributed by atoms with Crippen LogP contribution in [0.25, 0.3) is 0 Å². The molecular weight excluding hydrogens is 288 g/mol. The minimum atomic E-state index is 0.480. The van der Waals surface area contributed by atoms with Crippen molar-refractivity contribution < 1.29 is 0 Å². The summed E-state index contributed by atoms with van der Waals surface area (Å²) in [5, 5.41) is 10.1. The number of thioether (sulfide) groups is 1. The lowest BCUT2D eigenvalue weighted by molar-refractivity contribution is 0.667. The Kier molecular flexibility index (Phi) is 6.06. The summed E-state index contributed by atoms with van der Waals surface area (Å²) in [7, 11) is 1.99. The SMILES string of the molecule is CC(C)c1nn(C)cc1CNCCCSc1nccs1. The van der Waals surface area contributed by atoms with Crippen LogP contribution in [0, 0.1) is 0 Å². The van der Waals surface area contributed by atoms with Crippen LogP contribution in [-0.4, -0.2) is 27.1 Å². The summed E-state index contributed by atoms with van der Waals surface area (Å²) in [5.41, 5.74) is 2.52. The number of thiazole rings is 1. The Balaban J connectivity index is 1.66. The predicted molar refractivity (Wildman–Crippen MR) is 86.5 cm³/mol. The highest BCUT2D eigenvalue weighted by Crippen LogP contribution is 2.20. The molecular formula is C14H22N4S2. The molecule has 0 unspecified atom stereocenters. The molecule has 110 valence electrons. The molecule has 2 aromatic heterocycles. The van der Waals surface area contributed by atoms with Crippen molar-refractivity contribution >= 4 is 23.1 Å². The zero-order valence-electron chi connectivity index (χ0n) is 12.3. The molecule has 2 rings (SSSR count). The highest BCUT2D eigenvalue weighted by atomic mass is 32.2. The summed E-state index contributed by atoms with van der Waals surface area (Å²) in [5.74, 6) is 1.60. The number of nitrogens with one attached hydrogen (secondary N) is 1. The van der Waals surface area contributed by atoms with E-state index in [0.29, 0.717) is 5.92 Å². The summed E-state index contributed by atoms with van der Waals surface area (Å²) in [6.07, 6.45) is 5.13. The molecule has 2 heterocycles. The molecule has 0 aliphatic heterocycles. The van der Waals surface area contributed by atoms with E-state index < -0.39 is 0 Å². The van der Waals surface area contributed by atoms with Gasteiger partial charge in [0.15, 0.2) is 0 Å². The first kappa shape index (κ1) is 15.5. The van der Waals surface area contributed by atoms with Crippen molar-refractivity contribution in [1.82, 2.24) is 20.1 Å². The minimum Gasteiger partial charge on any atom is -0.313 e. The Morgan fingerprint density at radius 3 is 3.00 bits per heavy atom. The molecule has 6 heteroatoms. The third-order valence-corrected chi connectivity index (χ3v) is 4.98. The second-order valence-electron chi connectivity index (χ2n) is 5.04. The lowest BCUT2D eigenvalue weighted by Crippen LogP contribution is -2.16. The number of hydrogen-bond acceptors (Lipinski definition) is 5. The van der Waals surface area contributed by atoms with Gasteiger partial charge in [-0.1, -0.05) is 25.6 Å². The Hall–Kier alpha value is -0.850. The van der Waals surface area contributed by atoms with Crippen molar-refractivity contribution in [2.45, 2.75) is 37.1 Å². The monoisotopic (exact) mass is 310 g/mol. The zero-order valence-corrected chi connectivity index (χ0v) is 13.9. The maximum atomic E-state index is 4.52. The summed E-state index contributed by atoms with van der Waals surface area (Å²) < 4.78 is 3.07. The zero-order chi connectivity index (χ0) is 14.4. The van der Waals surface area contributed by atoms with Gasteiger partial charge in [-0.05, 0) is 18.9 Å². The fourth-order valence-corrected chi connectivity index (χ4v) is 3.69. The number of hydrogen-bond donors (Lipinski definition) is 1. The minimum absolute atomic E-state index is 0.480. The number of aromatic nitrogens is 3. The van der Waals surface area contributed by atoms with Crippen LogP contribution in [-0.2, 0) is 13.6 Å². The highest BCUT2D eigenvalue weighted by Gasteiger charge is 2.10. The molecule has 0 bridgehead atoms. The molecule has 0 aliphatic rings. The van der Waals surface area contributed by atoms with E-state index in [-0.39, 0.29) is 0 Å². The first-order chi connectivity index (χ1) is 9.66. The Morgan fingerprint density at radius 2 is 2.30 bits per heavy atom. The topological polar surface area (TPSA) is 42.7 Å². The van der Waals surface area contributed by atoms with Gasteiger partial charge in [0, 0.05) is 42.7 Å². The maximum absolute atomic E-state index is 4.52. The molecule has 4 nitrogen and oxygen atoms in total. The fourth-order valence-electron chi connectivity index (χ4n) is 2.04. The van der Waals surface area contributed by atoms with Gasteiger partial charge >= 0.3 is 0 Å². The molecule has 20 heavy (non-hydrogen) atoms. The molecule has 2 aromatic rings. The van der Waals surface area contributed by atoms with E-state index in [0.717, 1.165) is 25.3 Å². The van der Waals surface area contributed by atoms with Crippen LogP contribution in [0.2, 0.25) is 0 Å². The molecule has 0 spiro atoms. The Bertz CT molecular complexity index is 505. The number of rotatable bonds is 8. The van der Waals surface area contributed by atoms with Crippen LogP contribution >= 0.6 is 23.1 Å². The van der Waals surface area contributed by atoms with Gasteiger partial charge in [-0.3, -0.25) is 4.68 Å². The highest BCUT2D eigenvalue weighted by molar-refractivity contribution is 8.00. The molecule has 0 aliphatic carbocycles. The Labute approximate surface area is 129 Å². The second kappa shape index (κ2) is 7.81. The van der Waals surface area contributed by atoms with E-state index in [4.69, 9.17) is 0 Å². The van der Waals surface area contributed by atoms with Gasteiger partial charge in [-0.2, -0.15) is 5.10 Å². The largest absolute Gasteiger partial charge is 0.313 e. The van der Waals surface area contributed by atoms with Crippen molar-refractivity contribution in [3.05, 3.63) is 29.0 Å². The first-order valence-electron chi connectivity index (χ1n) is 6.92. The van der Waals surface area contributed by atoms with E-state index >= 15 is 0 Å². The lowest BCUT2D eigenvalue weighted by Gasteiger charge is -2.06. The number of aryl methyl sites for hydroxylation is 1. The second-order valence-corrected chi connectivity index (χ2v) is 7.28. The summed E-state index contributed by atoms with van der Waals surface area (Å²) >= 11 is 3.55. The van der Waals surface area contributed by atoms with E-state index in [1.54, 1.807) is 11.3 Å². The third-order valence-electron chi connectivity index (χ3n) is 2.93. The molecule has 0 saturated heterocycles. The molecule has 0 fully saturated rings. The van der Waals surface area contributed by atoms with E-state index in [9.17, 15) is 0 Å². The summed E-state index contributed by atoms with van der Waals surface area (Å²) in [6, 6.07) is 0. The van der Waals surface area contributed by atoms with Crippen LogP contribution < -0.4 is 5.32 Å². The molecule has 1 N–H and O–H groups in total. The van der Waals surface area contributed by atoms with Crippen LogP contribution in [0.15, 0.2) is 22.1 Å². The molecule has 0 aromatic carbocycles. The van der Waals surface area contributed by atoms with Gasteiger partial charge in [-0.15, -0.1) is 11.3 Å². The third kappa shape index (κ3) is 4.61. The van der Waals surface area contributed by atoms with Crippen LogP contribution in [0.5, 0.6) is 0 Å². The van der Waals surface area contributed by atoms with Crippen molar-refractivity contribution in [3.8, 4) is 0 Å². The van der Waals surface area contributed by atoms with E-state index in [1.165, 1.54) is 15.6 Å². The van der Waals surface area contributed by atoms with Gasteiger partial charge in [0.25, 0.3) is 0 Å². The fraction of sp³-hybridized carbons (Fsp3) is 0.571. The van der Waals surface area contributed by atoms with Gasteiger partial charge in [0.2, 0.25) is 0 Å². The van der Waals surface area contributed by atoms with E-state index in [2.05, 4.69) is 35.4 Å². The molecule has 0 saturated carbocycles. The van der Waals surface area contributed by atoms with Gasteiger partial charge < -0.3 is 5.32 Å². The maximum Gasteiger partial charge on any atom is 0.149 e. The summed E-state index contributed by atoms with van der Waals surface area (Å²) in [6.45, 7) is 6.32. The Morgan fingerprint density at radius 1 is 1.45 bits per heavy atom. The predicted octanol–water partition coefficient (Wildman–Crippen LogP) is 3.27. The normalized spacial score (nSPS) is 11.4. The number of nitrogens with zero attached hydrogens (tertiary/aromatic N) is 3. The summed E-state index contributed by atoms with van der Waals surface area (Å²) in [4.78, 5) is 4.27. The molecule has 0 atom stereocenters. The van der Waals surface area contributed by atoms with Crippen LogP contribution in [0.1, 0.15) is 37.4 Å². The van der Waals surface area contributed by atoms with E-state index in [1.807, 2.05) is 35.1 Å². The molecule has 0 amide bonds. The average Bonchev–Trinajstić information content (AvgIpc) is 3.03. The van der Waals surface area contributed by atoms with Gasteiger partial charge in [-0.25, -0.2) is 4.98 Å². The van der Waals surface area contributed by atoms with Crippen LogP contribution in [0.3, 0.4) is 0 Å². The first-order valence-corrected chi connectivity index (χ1v) is 8.78. The smallest absolute Gasteiger partial charge is 0.149 e. The molecule has 0 radical (unpaired) electrons. The van der Waals surface area contributed by atoms with Crippen molar-refractivity contribution in [2.24, 2.45) is 7.05 Å². The van der Waals surface area contributed by atoms with Crippen molar-refractivity contribution in [1.29, 1.82) is 0 Å². The van der Waals surface area contributed by atoms with Gasteiger partial charge in [0.05, 0.1) is 5.69 Å². The average molecular weight is 310 g/mol. The quantitative estimate of drug-likeness (QED) is 0.600. The van der Waals surface area contributed by atoms with Crippen molar-refractivity contribution in [3.63, 3.8) is 0 Å². The van der Waals surface area contributed by atoms with Crippen LogP contribution in [0.4, 0.5) is 0 Å². The lowest BCUT2D eigenvalue weighted by atomic mass is 10.1. The van der Waals surface area contributed by atoms with Crippen molar-refractivity contribution in [2.75, 3.05) is 12.3 Å².